The summed E-state index contributed by atoms with van der Waals surface area (Å²) in [6.07, 6.45) is 1.13. The monoisotopic (exact) mass is 468 g/mol. The third-order valence-electron chi connectivity index (χ3n) is 5.21. The first-order chi connectivity index (χ1) is 14.9. The zero-order valence-electron chi connectivity index (χ0n) is 16.5. The van der Waals surface area contributed by atoms with Gasteiger partial charge in [0, 0.05) is 25.5 Å². The van der Waals surface area contributed by atoms with Gasteiger partial charge in [-0.2, -0.15) is 4.68 Å². The number of carbonyl (C=O) groups is 1. The summed E-state index contributed by atoms with van der Waals surface area (Å²) in [4.78, 5) is 17.1. The van der Waals surface area contributed by atoms with Crippen molar-refractivity contribution in [1.82, 2.24) is 25.2 Å². The standard InChI is InChI=1S/C19H19ClF2N6O2S/c1-30-10-28-16(25-26-27-28)12-4-2-11(3-5-12)15(13-6-7-19(21,22)8-13)17(29)24-18-23-9-14(20)31-18/h2-5,9,13,15H,6-8,10H2,1H3,(H,23,24,29). The number of ether oxygens (including phenoxy) is 1. The van der Waals surface area contributed by atoms with E-state index in [0.29, 0.717) is 26.4 Å². The number of nitrogens with zero attached hydrogens (tertiary/aromatic N) is 5. The van der Waals surface area contributed by atoms with E-state index in [1.165, 1.54) is 18.0 Å². The average Bonchev–Trinajstić information content (AvgIpc) is 3.44. The van der Waals surface area contributed by atoms with E-state index < -0.39 is 17.8 Å². The Bertz CT molecular complexity index is 1060. The molecule has 0 spiro atoms. The molecule has 1 aromatic carbocycles. The van der Waals surface area contributed by atoms with Crippen molar-refractivity contribution >= 4 is 34.0 Å². The van der Waals surface area contributed by atoms with E-state index in [1.54, 1.807) is 24.3 Å². The molecule has 164 valence electrons. The summed E-state index contributed by atoms with van der Waals surface area (Å²) in [6, 6.07) is 7.02. The minimum atomic E-state index is -2.77. The van der Waals surface area contributed by atoms with Gasteiger partial charge in [-0.15, -0.1) is 5.10 Å². The lowest BCUT2D eigenvalue weighted by atomic mass is 9.83. The van der Waals surface area contributed by atoms with Crippen LogP contribution in [0.2, 0.25) is 4.34 Å². The van der Waals surface area contributed by atoms with Crippen molar-refractivity contribution in [2.75, 3.05) is 12.4 Å². The maximum absolute atomic E-state index is 13.9. The Morgan fingerprint density at radius 3 is 2.81 bits per heavy atom. The first kappa shape index (κ1) is 21.7. The first-order valence-electron chi connectivity index (χ1n) is 9.52. The number of aromatic nitrogens is 5. The average molecular weight is 469 g/mol. The fraction of sp³-hybridized carbons (Fsp3) is 0.421. The largest absolute Gasteiger partial charge is 0.362 e. The second-order valence-corrected chi connectivity index (χ2v) is 9.00. The summed E-state index contributed by atoms with van der Waals surface area (Å²) >= 11 is 7.00. The van der Waals surface area contributed by atoms with Crippen molar-refractivity contribution in [2.24, 2.45) is 5.92 Å². The lowest BCUT2D eigenvalue weighted by Gasteiger charge is -2.23. The van der Waals surface area contributed by atoms with Gasteiger partial charge in [-0.05, 0) is 28.3 Å². The molecule has 2 heterocycles. The number of anilines is 1. The Balaban J connectivity index is 1.61. The smallest absolute Gasteiger partial charge is 0.248 e. The van der Waals surface area contributed by atoms with Crippen LogP contribution in [-0.2, 0) is 16.3 Å². The molecular formula is C19H19ClF2N6O2S. The fourth-order valence-electron chi connectivity index (χ4n) is 3.86. The molecule has 1 aliphatic carbocycles. The molecule has 0 radical (unpaired) electrons. The van der Waals surface area contributed by atoms with Crippen molar-refractivity contribution < 1.29 is 18.3 Å². The number of amides is 1. The molecule has 31 heavy (non-hydrogen) atoms. The first-order valence-corrected chi connectivity index (χ1v) is 10.7. The predicted molar refractivity (Wildman–Crippen MR) is 111 cm³/mol. The number of hydrogen-bond donors (Lipinski definition) is 1. The molecule has 2 atom stereocenters. The number of rotatable bonds is 7. The SMILES string of the molecule is COCn1nnnc1-c1ccc(C(C(=O)Nc2ncc(Cl)s2)C2CCC(F)(F)C2)cc1. The molecule has 1 aliphatic rings. The maximum Gasteiger partial charge on any atom is 0.248 e. The van der Waals surface area contributed by atoms with Gasteiger partial charge in [-0.1, -0.05) is 47.2 Å². The predicted octanol–water partition coefficient (Wildman–Crippen LogP) is 4.21. The molecule has 1 fully saturated rings. The van der Waals surface area contributed by atoms with E-state index >= 15 is 0 Å². The van der Waals surface area contributed by atoms with Crippen LogP contribution in [-0.4, -0.2) is 44.1 Å². The van der Waals surface area contributed by atoms with E-state index in [1.807, 2.05) is 0 Å². The second kappa shape index (κ2) is 8.93. The minimum Gasteiger partial charge on any atom is -0.362 e. The number of hydrogen-bond acceptors (Lipinski definition) is 7. The lowest BCUT2D eigenvalue weighted by molar-refractivity contribution is -0.118. The third kappa shape index (κ3) is 4.89. The van der Waals surface area contributed by atoms with Crippen molar-refractivity contribution in [2.45, 2.75) is 37.8 Å². The van der Waals surface area contributed by atoms with E-state index in [4.69, 9.17) is 16.3 Å². The highest BCUT2D eigenvalue weighted by atomic mass is 35.5. The van der Waals surface area contributed by atoms with Crippen molar-refractivity contribution in [3.05, 3.63) is 40.4 Å². The van der Waals surface area contributed by atoms with Crippen LogP contribution >= 0.6 is 22.9 Å². The number of thiazole rings is 1. The van der Waals surface area contributed by atoms with E-state index in [2.05, 4.69) is 25.8 Å². The van der Waals surface area contributed by atoms with Gasteiger partial charge in [0.1, 0.15) is 11.1 Å². The van der Waals surface area contributed by atoms with Gasteiger partial charge in [0.25, 0.3) is 0 Å². The van der Waals surface area contributed by atoms with E-state index in [0.717, 1.165) is 11.3 Å². The Kier molecular flexibility index (Phi) is 6.26. The molecule has 8 nitrogen and oxygen atoms in total. The van der Waals surface area contributed by atoms with Crippen molar-refractivity contribution in [1.29, 1.82) is 0 Å². The van der Waals surface area contributed by atoms with Crippen LogP contribution in [0.15, 0.2) is 30.5 Å². The molecular weight excluding hydrogens is 450 g/mol. The Morgan fingerprint density at radius 1 is 1.42 bits per heavy atom. The van der Waals surface area contributed by atoms with Gasteiger partial charge in [0.15, 0.2) is 11.0 Å². The Hall–Kier alpha value is -2.50. The molecule has 1 saturated carbocycles. The zero-order valence-corrected chi connectivity index (χ0v) is 18.0. The summed E-state index contributed by atoms with van der Waals surface area (Å²) in [7, 11) is 1.53. The van der Waals surface area contributed by atoms with Gasteiger partial charge in [0.05, 0.1) is 12.1 Å². The van der Waals surface area contributed by atoms with Crippen LogP contribution < -0.4 is 5.32 Å². The van der Waals surface area contributed by atoms with Gasteiger partial charge >= 0.3 is 0 Å². The number of halogens is 3. The van der Waals surface area contributed by atoms with E-state index in [-0.39, 0.29) is 31.9 Å². The summed E-state index contributed by atoms with van der Waals surface area (Å²) in [5.41, 5.74) is 1.35. The van der Waals surface area contributed by atoms with E-state index in [9.17, 15) is 13.6 Å². The summed E-state index contributed by atoms with van der Waals surface area (Å²) < 4.78 is 34.9. The molecule has 0 aliphatic heterocycles. The van der Waals surface area contributed by atoms with Crippen LogP contribution in [0.25, 0.3) is 11.4 Å². The Labute approximate surface area is 185 Å². The normalized spacial score (nSPS) is 18.8. The topological polar surface area (TPSA) is 94.8 Å². The molecule has 1 amide bonds. The minimum absolute atomic E-state index is 0.183. The van der Waals surface area contributed by atoms with Crippen LogP contribution in [0.3, 0.4) is 0 Å². The van der Waals surface area contributed by atoms with Crippen LogP contribution in [0, 0.1) is 5.92 Å². The van der Waals surface area contributed by atoms with Crippen LogP contribution in [0.5, 0.6) is 0 Å². The van der Waals surface area contributed by atoms with Crippen molar-refractivity contribution in [3.8, 4) is 11.4 Å². The zero-order chi connectivity index (χ0) is 22.0. The Morgan fingerprint density at radius 2 is 2.19 bits per heavy atom. The molecule has 1 N–H and O–H groups in total. The van der Waals surface area contributed by atoms with Gasteiger partial charge in [0.2, 0.25) is 11.8 Å². The number of alkyl halides is 2. The third-order valence-corrected chi connectivity index (χ3v) is 6.24. The van der Waals surface area contributed by atoms with Crippen LogP contribution in [0.4, 0.5) is 13.9 Å². The summed E-state index contributed by atoms with van der Waals surface area (Å²) in [5, 5.41) is 14.6. The highest BCUT2D eigenvalue weighted by Crippen LogP contribution is 2.46. The molecule has 4 rings (SSSR count). The quantitative estimate of drug-likeness (QED) is 0.558. The summed E-state index contributed by atoms with van der Waals surface area (Å²) in [5.74, 6) is -3.89. The maximum atomic E-state index is 13.9. The number of nitrogens with one attached hydrogen (secondary N) is 1. The molecule has 12 heteroatoms. The molecule has 3 aromatic rings. The van der Waals surface area contributed by atoms with Crippen molar-refractivity contribution in [3.63, 3.8) is 0 Å². The highest BCUT2D eigenvalue weighted by Gasteiger charge is 2.45. The van der Waals surface area contributed by atoms with Gasteiger partial charge in [-0.3, -0.25) is 4.79 Å². The second-order valence-electron chi connectivity index (χ2n) is 7.34. The molecule has 2 unspecified atom stereocenters. The molecule has 0 saturated heterocycles. The number of benzene rings is 1. The fourth-order valence-corrected chi connectivity index (χ4v) is 4.68. The highest BCUT2D eigenvalue weighted by molar-refractivity contribution is 7.19. The summed E-state index contributed by atoms with van der Waals surface area (Å²) in [6.45, 7) is 0.183. The van der Waals surface area contributed by atoms with Gasteiger partial charge < -0.3 is 10.1 Å². The molecule has 2 aromatic heterocycles. The van der Waals surface area contributed by atoms with Gasteiger partial charge in [-0.25, -0.2) is 13.8 Å². The number of carbonyl (C=O) groups excluding carboxylic acids is 1. The molecule has 0 bridgehead atoms. The lowest BCUT2D eigenvalue weighted by Crippen LogP contribution is -2.27. The number of methoxy groups -OCH3 is 1. The van der Waals surface area contributed by atoms with Crippen LogP contribution in [0.1, 0.15) is 30.7 Å². The number of tetrazole rings is 1.